The summed E-state index contributed by atoms with van der Waals surface area (Å²) < 4.78 is 15.5. The van der Waals surface area contributed by atoms with Crippen molar-refractivity contribution in [3.63, 3.8) is 0 Å². The van der Waals surface area contributed by atoms with E-state index >= 15 is 0 Å². The van der Waals surface area contributed by atoms with E-state index in [1.807, 2.05) is 0 Å². The Bertz CT molecular complexity index is 421. The van der Waals surface area contributed by atoms with Gasteiger partial charge < -0.3 is 19.6 Å². The molecule has 98 valence electrons. The Morgan fingerprint density at radius 2 is 1.72 bits per heavy atom. The van der Waals surface area contributed by atoms with Crippen LogP contribution in [0.1, 0.15) is 10.4 Å². The third-order valence-corrected chi connectivity index (χ3v) is 2.21. The number of ether oxygens (including phenoxy) is 3. The number of carbonyl (C=O) groups is 1. The number of hydrazine groups is 1. The summed E-state index contributed by atoms with van der Waals surface area (Å²) in [7, 11) is 4.47. The lowest BCUT2D eigenvalue weighted by Crippen LogP contribution is -2.33. The highest BCUT2D eigenvalue weighted by molar-refractivity contribution is 5.95. The van der Waals surface area contributed by atoms with E-state index in [-0.39, 0.29) is 5.91 Å². The molecule has 0 bridgehead atoms. The van der Waals surface area contributed by atoms with Gasteiger partial charge in [0.2, 0.25) is 5.75 Å². The van der Waals surface area contributed by atoms with Crippen molar-refractivity contribution in [2.75, 3.05) is 21.3 Å². The molecule has 0 aliphatic carbocycles. The van der Waals surface area contributed by atoms with Crippen LogP contribution in [0.25, 0.3) is 0 Å². The topological polar surface area (TPSA) is 68.8 Å². The predicted octanol–water partition coefficient (Wildman–Crippen LogP) is 1.09. The summed E-state index contributed by atoms with van der Waals surface area (Å²) in [4.78, 5) is 11.8. The van der Waals surface area contributed by atoms with Crippen LogP contribution in [0.4, 0.5) is 0 Å². The number of hydrogen-bond donors (Lipinski definition) is 2. The molecule has 1 aromatic carbocycles. The zero-order valence-electron chi connectivity index (χ0n) is 10.6. The van der Waals surface area contributed by atoms with E-state index in [1.165, 1.54) is 27.5 Å². The second kappa shape index (κ2) is 6.39. The zero-order chi connectivity index (χ0) is 13.5. The molecule has 0 unspecified atom stereocenters. The normalized spacial score (nSPS) is 9.28. The number of methoxy groups -OCH3 is 3. The molecule has 0 radical (unpaired) electrons. The van der Waals surface area contributed by atoms with Gasteiger partial charge >= 0.3 is 0 Å². The Balaban J connectivity index is 3.14. The molecule has 18 heavy (non-hydrogen) atoms. The van der Waals surface area contributed by atoms with E-state index in [0.29, 0.717) is 22.8 Å². The van der Waals surface area contributed by atoms with Gasteiger partial charge in [0.1, 0.15) is 0 Å². The fourth-order valence-corrected chi connectivity index (χ4v) is 1.40. The average molecular weight is 252 g/mol. The molecule has 6 nitrogen and oxygen atoms in total. The summed E-state index contributed by atoms with van der Waals surface area (Å²) >= 11 is 0. The Hall–Kier alpha value is -2.37. The Morgan fingerprint density at radius 1 is 1.17 bits per heavy atom. The molecule has 6 heteroatoms. The first-order valence-electron chi connectivity index (χ1n) is 5.14. The molecule has 0 saturated heterocycles. The van der Waals surface area contributed by atoms with Gasteiger partial charge in [-0.3, -0.25) is 10.2 Å². The maximum atomic E-state index is 11.8. The largest absolute Gasteiger partial charge is 0.493 e. The van der Waals surface area contributed by atoms with Crippen molar-refractivity contribution in [2.24, 2.45) is 0 Å². The first-order valence-corrected chi connectivity index (χ1v) is 5.14. The maximum Gasteiger partial charge on any atom is 0.269 e. The minimum atomic E-state index is -0.339. The molecule has 2 N–H and O–H groups in total. The highest BCUT2D eigenvalue weighted by atomic mass is 16.5. The molecule has 0 aliphatic rings. The summed E-state index contributed by atoms with van der Waals surface area (Å²) in [5.41, 5.74) is 5.31. The first kappa shape index (κ1) is 13.7. The summed E-state index contributed by atoms with van der Waals surface area (Å²) in [6.45, 7) is 3.43. The SMILES string of the molecule is C=CNNC(=O)c1cc(OC)c(OC)c(OC)c1. The molecule has 0 fully saturated rings. The van der Waals surface area contributed by atoms with E-state index in [1.54, 1.807) is 12.1 Å². The standard InChI is InChI=1S/C12H16N2O4/c1-5-13-14-12(15)8-6-9(16-2)11(18-4)10(7-8)17-3/h5-7,13H,1H2,2-4H3,(H,14,15). The van der Waals surface area contributed by atoms with Crippen LogP contribution >= 0.6 is 0 Å². The first-order chi connectivity index (χ1) is 8.67. The van der Waals surface area contributed by atoms with Crippen LogP contribution in [-0.4, -0.2) is 27.2 Å². The molecule has 0 heterocycles. The lowest BCUT2D eigenvalue weighted by atomic mass is 10.1. The molecule has 1 rings (SSSR count). The molecular formula is C12H16N2O4. The monoisotopic (exact) mass is 252 g/mol. The van der Waals surface area contributed by atoms with Crippen molar-refractivity contribution < 1.29 is 19.0 Å². The molecular weight excluding hydrogens is 236 g/mol. The smallest absolute Gasteiger partial charge is 0.269 e. The summed E-state index contributed by atoms with van der Waals surface area (Å²) in [6.07, 6.45) is 1.36. The van der Waals surface area contributed by atoms with E-state index in [2.05, 4.69) is 17.4 Å². The minimum Gasteiger partial charge on any atom is -0.493 e. The Labute approximate surface area is 106 Å². The van der Waals surface area contributed by atoms with Crippen molar-refractivity contribution in [3.05, 3.63) is 30.5 Å². The highest BCUT2D eigenvalue weighted by Crippen LogP contribution is 2.38. The summed E-state index contributed by atoms with van der Waals surface area (Å²) in [6, 6.07) is 3.11. The molecule has 0 atom stereocenters. The second-order valence-corrected chi connectivity index (χ2v) is 3.22. The van der Waals surface area contributed by atoms with E-state index in [4.69, 9.17) is 14.2 Å². The molecule has 0 spiro atoms. The van der Waals surface area contributed by atoms with Gasteiger partial charge in [-0.25, -0.2) is 0 Å². The van der Waals surface area contributed by atoms with Crippen LogP contribution in [0.15, 0.2) is 24.9 Å². The van der Waals surface area contributed by atoms with Crippen LogP contribution in [0, 0.1) is 0 Å². The number of hydrogen-bond acceptors (Lipinski definition) is 5. The third kappa shape index (κ3) is 2.85. The average Bonchev–Trinajstić information content (AvgIpc) is 2.42. The molecule has 0 aliphatic heterocycles. The van der Waals surface area contributed by atoms with Crippen LogP contribution in [-0.2, 0) is 0 Å². The number of carbonyl (C=O) groups excluding carboxylic acids is 1. The molecule has 0 saturated carbocycles. The van der Waals surface area contributed by atoms with Gasteiger partial charge in [0.15, 0.2) is 11.5 Å². The van der Waals surface area contributed by atoms with Gasteiger partial charge in [0.05, 0.1) is 21.3 Å². The van der Waals surface area contributed by atoms with E-state index < -0.39 is 0 Å². The van der Waals surface area contributed by atoms with Crippen molar-refractivity contribution >= 4 is 5.91 Å². The highest BCUT2D eigenvalue weighted by Gasteiger charge is 2.16. The van der Waals surface area contributed by atoms with Crippen molar-refractivity contribution in [1.29, 1.82) is 0 Å². The lowest BCUT2D eigenvalue weighted by molar-refractivity contribution is 0.0940. The fraction of sp³-hybridized carbons (Fsp3) is 0.250. The second-order valence-electron chi connectivity index (χ2n) is 3.22. The van der Waals surface area contributed by atoms with Gasteiger partial charge in [-0.1, -0.05) is 6.58 Å². The van der Waals surface area contributed by atoms with Crippen LogP contribution in [0.5, 0.6) is 17.2 Å². The minimum absolute atomic E-state index is 0.339. The van der Waals surface area contributed by atoms with E-state index in [0.717, 1.165) is 0 Å². The van der Waals surface area contributed by atoms with Gasteiger partial charge in [0, 0.05) is 11.8 Å². The van der Waals surface area contributed by atoms with Gasteiger partial charge in [-0.2, -0.15) is 0 Å². The number of rotatable bonds is 6. The summed E-state index contributed by atoms with van der Waals surface area (Å²) in [5, 5.41) is 0. The van der Waals surface area contributed by atoms with Crippen molar-refractivity contribution in [2.45, 2.75) is 0 Å². The maximum absolute atomic E-state index is 11.8. The van der Waals surface area contributed by atoms with Crippen LogP contribution in [0.3, 0.4) is 0 Å². The molecule has 0 aromatic heterocycles. The van der Waals surface area contributed by atoms with Crippen LogP contribution < -0.4 is 25.1 Å². The van der Waals surface area contributed by atoms with Crippen LogP contribution in [0.2, 0.25) is 0 Å². The Kier molecular flexibility index (Phi) is 4.86. The van der Waals surface area contributed by atoms with Crippen molar-refractivity contribution in [3.8, 4) is 17.2 Å². The molecule has 1 aromatic rings. The fourth-order valence-electron chi connectivity index (χ4n) is 1.40. The summed E-state index contributed by atoms with van der Waals surface area (Å²) in [5.74, 6) is 0.934. The van der Waals surface area contributed by atoms with E-state index in [9.17, 15) is 4.79 Å². The zero-order valence-corrected chi connectivity index (χ0v) is 10.6. The van der Waals surface area contributed by atoms with Gasteiger partial charge in [-0.15, -0.1) is 0 Å². The predicted molar refractivity (Wildman–Crippen MR) is 66.9 cm³/mol. The number of benzene rings is 1. The quantitative estimate of drug-likeness (QED) is 0.742. The number of amides is 1. The number of nitrogens with one attached hydrogen (secondary N) is 2. The van der Waals surface area contributed by atoms with Gasteiger partial charge in [-0.05, 0) is 12.1 Å². The molecule has 1 amide bonds. The van der Waals surface area contributed by atoms with Crippen molar-refractivity contribution in [1.82, 2.24) is 10.9 Å². The van der Waals surface area contributed by atoms with Gasteiger partial charge in [0.25, 0.3) is 5.91 Å². The Morgan fingerprint density at radius 3 is 2.11 bits per heavy atom. The lowest BCUT2D eigenvalue weighted by Gasteiger charge is -2.13. The third-order valence-electron chi connectivity index (χ3n) is 2.21.